The van der Waals surface area contributed by atoms with Crippen LogP contribution >= 0.6 is 0 Å². The molecule has 4 nitrogen and oxygen atoms in total. The van der Waals surface area contributed by atoms with Crippen LogP contribution < -0.4 is 0 Å². The van der Waals surface area contributed by atoms with Gasteiger partial charge in [0.25, 0.3) is 0 Å². The summed E-state index contributed by atoms with van der Waals surface area (Å²) in [6.45, 7) is 2.55. The maximum absolute atomic E-state index is 11.9. The van der Waals surface area contributed by atoms with E-state index in [1.54, 1.807) is 0 Å². The number of hydrogen-bond acceptors (Lipinski definition) is 4. The third-order valence-corrected chi connectivity index (χ3v) is 4.39. The fourth-order valence-electron chi connectivity index (χ4n) is 2.98. The van der Waals surface area contributed by atoms with E-state index >= 15 is 0 Å². The molecular weight excluding hydrogens is 268 g/mol. The summed E-state index contributed by atoms with van der Waals surface area (Å²) in [6, 6.07) is 0. The Kier molecular flexibility index (Phi) is 9.11. The highest BCUT2D eigenvalue weighted by molar-refractivity contribution is 5.72. The number of hydrogen-bond donors (Lipinski definition) is 0. The van der Waals surface area contributed by atoms with Crippen LogP contribution in [0.1, 0.15) is 71.1 Å². The Hall–Kier alpha value is -1.06. The van der Waals surface area contributed by atoms with Crippen molar-refractivity contribution >= 4 is 11.9 Å². The Balaban J connectivity index is 2.10. The van der Waals surface area contributed by atoms with Crippen molar-refractivity contribution in [3.8, 4) is 0 Å². The summed E-state index contributed by atoms with van der Waals surface area (Å²) in [5.74, 6) is 0.552. The molecule has 0 heterocycles. The van der Waals surface area contributed by atoms with E-state index in [1.807, 2.05) is 0 Å². The van der Waals surface area contributed by atoms with Crippen LogP contribution in [0.3, 0.4) is 0 Å². The van der Waals surface area contributed by atoms with Gasteiger partial charge in [-0.25, -0.2) is 0 Å². The van der Waals surface area contributed by atoms with E-state index < -0.39 is 0 Å². The molecular formula is C17H30O4. The molecule has 1 rings (SSSR count). The quantitative estimate of drug-likeness (QED) is 0.479. The van der Waals surface area contributed by atoms with Crippen LogP contribution in [0.25, 0.3) is 0 Å². The zero-order valence-electron chi connectivity index (χ0n) is 13.6. The van der Waals surface area contributed by atoms with Crippen molar-refractivity contribution in [2.75, 3.05) is 13.7 Å². The molecule has 0 aromatic rings. The molecule has 1 saturated carbocycles. The molecule has 122 valence electrons. The SMILES string of the molecule is CCCCCC1CCC(C(=O)OCCCC(=O)OC)CC1. The minimum Gasteiger partial charge on any atom is -0.469 e. The summed E-state index contributed by atoms with van der Waals surface area (Å²) in [6.07, 6.45) is 10.3. The molecule has 0 spiro atoms. The Morgan fingerprint density at radius 1 is 1.05 bits per heavy atom. The van der Waals surface area contributed by atoms with Crippen molar-refractivity contribution in [1.82, 2.24) is 0 Å². The van der Waals surface area contributed by atoms with Crippen molar-refractivity contribution in [2.24, 2.45) is 11.8 Å². The zero-order valence-corrected chi connectivity index (χ0v) is 13.6. The van der Waals surface area contributed by atoms with E-state index in [2.05, 4.69) is 11.7 Å². The maximum atomic E-state index is 11.9. The third-order valence-electron chi connectivity index (χ3n) is 4.39. The number of ether oxygens (including phenoxy) is 2. The number of unbranched alkanes of at least 4 members (excludes halogenated alkanes) is 2. The van der Waals surface area contributed by atoms with Gasteiger partial charge in [-0.2, -0.15) is 0 Å². The van der Waals surface area contributed by atoms with Gasteiger partial charge >= 0.3 is 11.9 Å². The van der Waals surface area contributed by atoms with Gasteiger partial charge in [0.1, 0.15) is 0 Å². The molecule has 0 amide bonds. The topological polar surface area (TPSA) is 52.6 Å². The van der Waals surface area contributed by atoms with Crippen LogP contribution in [0.5, 0.6) is 0 Å². The first-order valence-electron chi connectivity index (χ1n) is 8.40. The van der Waals surface area contributed by atoms with E-state index in [9.17, 15) is 9.59 Å². The molecule has 0 saturated heterocycles. The number of esters is 2. The van der Waals surface area contributed by atoms with Crippen molar-refractivity contribution in [1.29, 1.82) is 0 Å². The van der Waals surface area contributed by atoms with Crippen LogP contribution in [-0.2, 0) is 19.1 Å². The Labute approximate surface area is 128 Å². The number of rotatable bonds is 9. The lowest BCUT2D eigenvalue weighted by molar-refractivity contribution is -0.151. The molecule has 0 aromatic heterocycles. The Bertz CT molecular complexity index is 306. The third kappa shape index (κ3) is 7.49. The monoisotopic (exact) mass is 298 g/mol. The van der Waals surface area contributed by atoms with Gasteiger partial charge in [-0.1, -0.05) is 32.6 Å². The first kappa shape index (κ1) is 18.0. The van der Waals surface area contributed by atoms with Gasteiger partial charge in [-0.05, 0) is 38.0 Å². The van der Waals surface area contributed by atoms with Crippen LogP contribution in [0.2, 0.25) is 0 Å². The van der Waals surface area contributed by atoms with Crippen LogP contribution in [0, 0.1) is 11.8 Å². The molecule has 4 heteroatoms. The highest BCUT2D eigenvalue weighted by Gasteiger charge is 2.26. The van der Waals surface area contributed by atoms with Crippen LogP contribution in [0.4, 0.5) is 0 Å². The second kappa shape index (κ2) is 10.6. The standard InChI is InChI=1S/C17H30O4/c1-3-4-5-7-14-9-11-15(12-10-14)17(19)21-13-6-8-16(18)20-2/h14-15H,3-13H2,1-2H3. The van der Waals surface area contributed by atoms with Gasteiger partial charge in [0.05, 0.1) is 19.6 Å². The molecule has 1 aliphatic rings. The summed E-state index contributed by atoms with van der Waals surface area (Å²) in [5, 5.41) is 0. The first-order valence-corrected chi connectivity index (χ1v) is 8.40. The van der Waals surface area contributed by atoms with E-state index in [1.165, 1.54) is 32.8 Å². The molecule has 0 unspecified atom stereocenters. The van der Waals surface area contributed by atoms with Crippen molar-refractivity contribution < 1.29 is 19.1 Å². The second-order valence-corrected chi connectivity index (χ2v) is 6.06. The predicted octanol–water partition coefficient (Wildman–Crippen LogP) is 3.87. The number of carbonyl (C=O) groups excluding carboxylic acids is 2. The molecule has 0 radical (unpaired) electrons. The number of carbonyl (C=O) groups is 2. The predicted molar refractivity (Wildman–Crippen MR) is 81.8 cm³/mol. The Morgan fingerprint density at radius 2 is 1.76 bits per heavy atom. The Morgan fingerprint density at radius 3 is 2.38 bits per heavy atom. The summed E-state index contributed by atoms with van der Waals surface area (Å²) < 4.78 is 9.81. The molecule has 0 bridgehead atoms. The fraction of sp³-hybridized carbons (Fsp3) is 0.882. The van der Waals surface area contributed by atoms with Crippen molar-refractivity contribution in [2.45, 2.75) is 71.1 Å². The molecule has 21 heavy (non-hydrogen) atoms. The maximum Gasteiger partial charge on any atom is 0.308 e. The first-order chi connectivity index (χ1) is 10.2. The lowest BCUT2D eigenvalue weighted by Crippen LogP contribution is -2.24. The zero-order chi connectivity index (χ0) is 15.5. The van der Waals surface area contributed by atoms with E-state index in [-0.39, 0.29) is 17.9 Å². The largest absolute Gasteiger partial charge is 0.469 e. The van der Waals surface area contributed by atoms with Gasteiger partial charge in [0.15, 0.2) is 0 Å². The summed E-state index contributed by atoms with van der Waals surface area (Å²) in [4.78, 5) is 22.9. The lowest BCUT2D eigenvalue weighted by atomic mass is 9.80. The van der Waals surface area contributed by atoms with E-state index in [4.69, 9.17) is 4.74 Å². The molecule has 0 atom stereocenters. The van der Waals surface area contributed by atoms with Gasteiger partial charge in [0, 0.05) is 6.42 Å². The highest BCUT2D eigenvalue weighted by atomic mass is 16.5. The summed E-state index contributed by atoms with van der Waals surface area (Å²) in [7, 11) is 1.37. The normalized spacial score (nSPS) is 21.8. The minimum atomic E-state index is -0.251. The summed E-state index contributed by atoms with van der Waals surface area (Å²) in [5.41, 5.74) is 0. The summed E-state index contributed by atoms with van der Waals surface area (Å²) >= 11 is 0. The average Bonchev–Trinajstić information content (AvgIpc) is 2.52. The number of methoxy groups -OCH3 is 1. The second-order valence-electron chi connectivity index (χ2n) is 6.06. The van der Waals surface area contributed by atoms with Gasteiger partial charge in [-0.3, -0.25) is 9.59 Å². The molecule has 0 aliphatic heterocycles. The molecule has 1 aliphatic carbocycles. The average molecular weight is 298 g/mol. The van der Waals surface area contributed by atoms with Crippen molar-refractivity contribution in [3.05, 3.63) is 0 Å². The highest BCUT2D eigenvalue weighted by Crippen LogP contribution is 2.32. The molecule has 1 fully saturated rings. The van der Waals surface area contributed by atoms with Gasteiger partial charge in [0.2, 0.25) is 0 Å². The molecule has 0 N–H and O–H groups in total. The van der Waals surface area contributed by atoms with E-state index in [0.29, 0.717) is 19.4 Å². The van der Waals surface area contributed by atoms with Gasteiger partial charge in [-0.15, -0.1) is 0 Å². The lowest BCUT2D eigenvalue weighted by Gasteiger charge is -2.27. The smallest absolute Gasteiger partial charge is 0.308 e. The fourth-order valence-corrected chi connectivity index (χ4v) is 2.98. The van der Waals surface area contributed by atoms with Crippen molar-refractivity contribution in [3.63, 3.8) is 0 Å². The van der Waals surface area contributed by atoms with Crippen LogP contribution in [0.15, 0.2) is 0 Å². The van der Waals surface area contributed by atoms with Gasteiger partial charge < -0.3 is 9.47 Å². The van der Waals surface area contributed by atoms with Crippen LogP contribution in [-0.4, -0.2) is 25.7 Å². The minimum absolute atomic E-state index is 0.0746. The van der Waals surface area contributed by atoms with E-state index in [0.717, 1.165) is 31.6 Å². The molecule has 0 aromatic carbocycles.